The third kappa shape index (κ3) is 5.81. The highest BCUT2D eigenvalue weighted by molar-refractivity contribution is 6.31. The number of anilines is 1. The lowest BCUT2D eigenvalue weighted by Crippen LogP contribution is -2.35. The Kier molecular flexibility index (Phi) is 7.79. The molecule has 1 aliphatic heterocycles. The molecular formula is C29H32Cl2N6O3. The molecule has 1 fully saturated rings. The molecular weight excluding hydrogens is 551 g/mol. The fourth-order valence-corrected chi connectivity index (χ4v) is 5.08. The highest BCUT2D eigenvalue weighted by Gasteiger charge is 2.30. The van der Waals surface area contributed by atoms with E-state index in [1.165, 1.54) is 9.08 Å². The largest absolute Gasteiger partial charge is 0.444 e. The summed E-state index contributed by atoms with van der Waals surface area (Å²) in [5.74, 6) is 0.550. The number of rotatable bonds is 6. The first kappa shape index (κ1) is 28.0. The van der Waals surface area contributed by atoms with Crippen molar-refractivity contribution < 1.29 is 9.53 Å². The van der Waals surface area contributed by atoms with E-state index in [1.54, 1.807) is 17.0 Å². The molecule has 2 aromatic heterocycles. The molecule has 40 heavy (non-hydrogen) atoms. The average molecular weight is 584 g/mol. The van der Waals surface area contributed by atoms with Gasteiger partial charge in [-0.05, 0) is 69.9 Å². The fraction of sp³-hybridized carbons (Fsp3) is 0.379. The number of carbonyl (C=O) groups is 1. The molecule has 1 atom stereocenters. The lowest BCUT2D eigenvalue weighted by atomic mass is 10.00. The van der Waals surface area contributed by atoms with E-state index in [9.17, 15) is 9.59 Å². The maximum atomic E-state index is 13.5. The van der Waals surface area contributed by atoms with E-state index in [2.05, 4.69) is 5.32 Å². The van der Waals surface area contributed by atoms with Gasteiger partial charge in [0.2, 0.25) is 5.95 Å². The maximum Gasteiger partial charge on any atom is 0.410 e. The lowest BCUT2D eigenvalue weighted by Gasteiger charge is -2.24. The number of benzene rings is 2. The summed E-state index contributed by atoms with van der Waals surface area (Å²) < 4.78 is 8.48. The van der Waals surface area contributed by atoms with Crippen LogP contribution >= 0.6 is 23.2 Å². The van der Waals surface area contributed by atoms with Crippen LogP contribution in [0.15, 0.2) is 53.3 Å². The molecule has 2 aromatic carbocycles. The molecule has 5 rings (SSSR count). The normalized spacial score (nSPS) is 15.6. The van der Waals surface area contributed by atoms with Gasteiger partial charge in [-0.15, -0.1) is 5.10 Å². The Labute approximate surface area is 242 Å². The molecule has 0 radical (unpaired) electrons. The number of carbonyl (C=O) groups excluding carboxylic acids is 1. The quantitative estimate of drug-likeness (QED) is 0.290. The van der Waals surface area contributed by atoms with Gasteiger partial charge in [0.15, 0.2) is 5.65 Å². The van der Waals surface area contributed by atoms with Gasteiger partial charge in [-0.3, -0.25) is 0 Å². The monoisotopic (exact) mass is 582 g/mol. The minimum Gasteiger partial charge on any atom is -0.444 e. The van der Waals surface area contributed by atoms with Gasteiger partial charge >= 0.3 is 11.8 Å². The van der Waals surface area contributed by atoms with Gasteiger partial charge in [0.25, 0.3) is 0 Å². The van der Waals surface area contributed by atoms with Crippen LogP contribution in [0.2, 0.25) is 10.0 Å². The molecule has 1 saturated heterocycles. The number of hydrogen-bond donors (Lipinski definition) is 1. The molecule has 9 nitrogen and oxygen atoms in total. The highest BCUT2D eigenvalue weighted by Crippen LogP contribution is 2.36. The van der Waals surface area contributed by atoms with E-state index in [4.69, 9.17) is 38.0 Å². The van der Waals surface area contributed by atoms with Crippen LogP contribution in [-0.2, 0) is 11.3 Å². The van der Waals surface area contributed by atoms with Crippen molar-refractivity contribution >= 4 is 40.9 Å². The van der Waals surface area contributed by atoms with Crippen molar-refractivity contribution in [1.82, 2.24) is 24.1 Å². The average Bonchev–Trinajstić information content (AvgIpc) is 3.52. The molecule has 0 saturated carbocycles. The summed E-state index contributed by atoms with van der Waals surface area (Å²) in [5, 5.41) is 9.31. The van der Waals surface area contributed by atoms with Crippen LogP contribution in [0.5, 0.6) is 0 Å². The van der Waals surface area contributed by atoms with Crippen LogP contribution in [-0.4, -0.2) is 55.4 Å². The lowest BCUT2D eigenvalue weighted by molar-refractivity contribution is 0.0289. The number of aryl methyl sites for hydroxylation is 1. The van der Waals surface area contributed by atoms with Crippen LogP contribution < -0.4 is 11.0 Å². The Morgan fingerprint density at radius 1 is 1.05 bits per heavy atom. The third-order valence-electron chi connectivity index (χ3n) is 6.77. The summed E-state index contributed by atoms with van der Waals surface area (Å²) in [7, 11) is 0. The Morgan fingerprint density at radius 2 is 1.68 bits per heavy atom. The molecule has 4 aromatic rings. The maximum absolute atomic E-state index is 13.5. The number of hydrogen-bond acceptors (Lipinski definition) is 6. The van der Waals surface area contributed by atoms with Crippen LogP contribution in [0.1, 0.15) is 34.1 Å². The predicted octanol–water partition coefficient (Wildman–Crippen LogP) is 6.22. The number of nitrogens with one attached hydrogen (secondary N) is 1. The summed E-state index contributed by atoms with van der Waals surface area (Å²) >= 11 is 12.4. The van der Waals surface area contributed by atoms with Gasteiger partial charge < -0.3 is 15.0 Å². The van der Waals surface area contributed by atoms with E-state index in [1.807, 2.05) is 64.1 Å². The zero-order valence-corrected chi connectivity index (χ0v) is 24.5. The van der Waals surface area contributed by atoms with Gasteiger partial charge in [0.1, 0.15) is 5.60 Å². The molecule has 1 aliphatic rings. The smallest absolute Gasteiger partial charge is 0.410 e. The fourth-order valence-electron chi connectivity index (χ4n) is 4.83. The second-order valence-electron chi connectivity index (χ2n) is 10.9. The van der Waals surface area contributed by atoms with Crippen molar-refractivity contribution in [2.45, 2.75) is 46.3 Å². The molecule has 0 spiro atoms. The molecule has 0 aliphatic carbocycles. The number of halogens is 2. The second kappa shape index (κ2) is 11.1. The number of fused-ring (bicyclic) bond motifs is 1. The van der Waals surface area contributed by atoms with Crippen LogP contribution in [0.4, 0.5) is 10.7 Å². The van der Waals surface area contributed by atoms with E-state index in [-0.39, 0.29) is 17.7 Å². The summed E-state index contributed by atoms with van der Waals surface area (Å²) in [6, 6.07) is 14.8. The summed E-state index contributed by atoms with van der Waals surface area (Å²) in [6.45, 7) is 9.55. The Morgan fingerprint density at radius 3 is 2.27 bits per heavy atom. The van der Waals surface area contributed by atoms with Crippen LogP contribution in [0, 0.1) is 5.92 Å². The molecule has 3 heterocycles. The first-order valence-electron chi connectivity index (χ1n) is 13.3. The van der Waals surface area contributed by atoms with Crippen molar-refractivity contribution in [1.29, 1.82) is 0 Å². The van der Waals surface area contributed by atoms with Gasteiger partial charge in [0, 0.05) is 41.8 Å². The zero-order valence-electron chi connectivity index (χ0n) is 22.9. The predicted molar refractivity (Wildman–Crippen MR) is 158 cm³/mol. The van der Waals surface area contributed by atoms with Crippen LogP contribution in [0.3, 0.4) is 0 Å². The van der Waals surface area contributed by atoms with E-state index < -0.39 is 5.60 Å². The van der Waals surface area contributed by atoms with Gasteiger partial charge in [0.05, 0.1) is 11.3 Å². The Balaban J connectivity index is 1.55. The number of ether oxygens (including phenoxy) is 1. The van der Waals surface area contributed by atoms with E-state index >= 15 is 0 Å². The number of likely N-dealkylation sites (tertiary alicyclic amines) is 1. The van der Waals surface area contributed by atoms with Crippen molar-refractivity contribution in [3.63, 3.8) is 0 Å². The first-order valence-corrected chi connectivity index (χ1v) is 14.1. The standard InChI is InChI=1S/C29H32Cl2N6O3/c1-5-36-27(38)37-25(34-36)23(19-6-10-21(30)11-7-19)24(20-8-12-22(31)13-9-20)33-26(37)32-16-18-14-15-35(17-18)28(39)40-29(2,3)4/h6-13,18H,5,14-17H2,1-4H3,(H,32,33)/t18-/m0/s1. The Hall–Kier alpha value is -3.56. The third-order valence-corrected chi connectivity index (χ3v) is 7.27. The van der Waals surface area contributed by atoms with Crippen molar-refractivity contribution in [2.75, 3.05) is 25.0 Å². The molecule has 0 bridgehead atoms. The van der Waals surface area contributed by atoms with Crippen molar-refractivity contribution in [3.8, 4) is 22.4 Å². The van der Waals surface area contributed by atoms with Crippen molar-refractivity contribution in [3.05, 3.63) is 69.1 Å². The van der Waals surface area contributed by atoms with E-state index in [0.717, 1.165) is 17.5 Å². The molecule has 11 heteroatoms. The molecule has 1 amide bonds. The van der Waals surface area contributed by atoms with Gasteiger partial charge in [-0.2, -0.15) is 0 Å². The van der Waals surface area contributed by atoms with E-state index in [0.29, 0.717) is 59.1 Å². The number of aromatic nitrogens is 4. The molecule has 1 N–H and O–H groups in total. The summed E-state index contributed by atoms with van der Waals surface area (Å²) in [4.78, 5) is 32.7. The summed E-state index contributed by atoms with van der Waals surface area (Å²) in [6.07, 6.45) is 0.499. The first-order chi connectivity index (χ1) is 19.0. The molecule has 210 valence electrons. The van der Waals surface area contributed by atoms with Gasteiger partial charge in [-0.25, -0.2) is 23.7 Å². The van der Waals surface area contributed by atoms with Crippen molar-refractivity contribution in [2.24, 2.45) is 5.92 Å². The van der Waals surface area contributed by atoms with Gasteiger partial charge in [-0.1, -0.05) is 47.5 Å². The SMILES string of the molecule is CCn1nc2c(-c3ccc(Cl)cc3)c(-c3ccc(Cl)cc3)nc(NC[C@@H]3CCN(C(=O)OC(C)(C)C)C3)n2c1=O. The second-order valence-corrected chi connectivity index (χ2v) is 11.8. The highest BCUT2D eigenvalue weighted by atomic mass is 35.5. The minimum atomic E-state index is -0.548. The number of amides is 1. The number of nitrogens with zero attached hydrogens (tertiary/aromatic N) is 5. The Bertz CT molecular complexity index is 1590. The zero-order chi connectivity index (χ0) is 28.6. The van der Waals surface area contributed by atoms with Crippen LogP contribution in [0.25, 0.3) is 28.0 Å². The summed E-state index contributed by atoms with van der Waals surface area (Å²) in [5.41, 5.74) is 2.68. The minimum absolute atomic E-state index is 0.163. The molecule has 0 unspecified atom stereocenters. The topological polar surface area (TPSA) is 93.8 Å².